The van der Waals surface area contributed by atoms with Gasteiger partial charge in [0.25, 0.3) is 0 Å². The third-order valence-corrected chi connectivity index (χ3v) is 2.62. The molecule has 0 heterocycles. The summed E-state index contributed by atoms with van der Waals surface area (Å²) in [5, 5.41) is 19.8. The Morgan fingerprint density at radius 2 is 1.90 bits per heavy atom. The number of hydrogen-bond donors (Lipinski definition) is 3. The number of rotatable bonds is 10. The standard InChI is InChI=1S/C12H22N2O6/c1-3-14(7-8-20-4-2)12(19)13-9(11(17)18)5-6-10(15)16/h9H,3-8H2,1-2H3,(H,13,19)(H,15,16)(H,17,18). The molecule has 0 aliphatic heterocycles. The van der Waals surface area contributed by atoms with Gasteiger partial charge in [-0.25, -0.2) is 9.59 Å². The van der Waals surface area contributed by atoms with Crippen molar-refractivity contribution in [2.75, 3.05) is 26.3 Å². The number of carbonyl (C=O) groups is 3. The van der Waals surface area contributed by atoms with E-state index in [1.807, 2.05) is 6.92 Å². The largest absolute Gasteiger partial charge is 0.481 e. The molecule has 0 fully saturated rings. The summed E-state index contributed by atoms with van der Waals surface area (Å²) in [5.41, 5.74) is 0. The van der Waals surface area contributed by atoms with Crippen LogP contribution in [0.2, 0.25) is 0 Å². The first-order chi connectivity index (χ1) is 9.42. The number of hydrogen-bond acceptors (Lipinski definition) is 4. The lowest BCUT2D eigenvalue weighted by Crippen LogP contribution is -2.48. The number of carboxylic acids is 2. The molecule has 3 N–H and O–H groups in total. The van der Waals surface area contributed by atoms with Crippen LogP contribution in [0.3, 0.4) is 0 Å². The van der Waals surface area contributed by atoms with Crippen LogP contribution in [0, 0.1) is 0 Å². The van der Waals surface area contributed by atoms with Gasteiger partial charge in [0, 0.05) is 26.1 Å². The molecule has 0 aromatic heterocycles. The van der Waals surface area contributed by atoms with Crippen LogP contribution in [0.5, 0.6) is 0 Å². The van der Waals surface area contributed by atoms with E-state index < -0.39 is 24.0 Å². The highest BCUT2D eigenvalue weighted by Crippen LogP contribution is 2.00. The second-order valence-corrected chi connectivity index (χ2v) is 4.05. The van der Waals surface area contributed by atoms with Crippen LogP contribution in [-0.4, -0.2) is 65.4 Å². The molecular formula is C12H22N2O6. The summed E-state index contributed by atoms with van der Waals surface area (Å²) in [5.74, 6) is -2.35. The first-order valence-corrected chi connectivity index (χ1v) is 6.50. The van der Waals surface area contributed by atoms with Crippen LogP contribution in [0.25, 0.3) is 0 Å². The number of nitrogens with zero attached hydrogens (tertiary/aromatic N) is 1. The summed E-state index contributed by atoms with van der Waals surface area (Å²) in [4.78, 5) is 34.7. The molecule has 8 nitrogen and oxygen atoms in total. The van der Waals surface area contributed by atoms with Crippen molar-refractivity contribution in [1.82, 2.24) is 10.2 Å². The van der Waals surface area contributed by atoms with Gasteiger partial charge in [-0.15, -0.1) is 0 Å². The minimum atomic E-state index is -1.25. The highest BCUT2D eigenvalue weighted by atomic mass is 16.5. The molecule has 0 spiro atoms. The molecule has 0 aliphatic carbocycles. The second kappa shape index (κ2) is 10.0. The Bertz CT molecular complexity index is 334. The zero-order valence-electron chi connectivity index (χ0n) is 11.8. The van der Waals surface area contributed by atoms with Gasteiger partial charge in [-0.2, -0.15) is 0 Å². The molecule has 0 bridgehead atoms. The van der Waals surface area contributed by atoms with E-state index >= 15 is 0 Å². The van der Waals surface area contributed by atoms with Crippen LogP contribution in [0.4, 0.5) is 4.79 Å². The molecule has 0 saturated carbocycles. The van der Waals surface area contributed by atoms with Crippen LogP contribution in [-0.2, 0) is 14.3 Å². The third-order valence-electron chi connectivity index (χ3n) is 2.62. The molecule has 1 unspecified atom stereocenters. The molecular weight excluding hydrogens is 268 g/mol. The molecule has 0 radical (unpaired) electrons. The van der Waals surface area contributed by atoms with Crippen molar-refractivity contribution >= 4 is 18.0 Å². The Labute approximate surface area is 117 Å². The van der Waals surface area contributed by atoms with Crippen molar-refractivity contribution < 1.29 is 29.3 Å². The van der Waals surface area contributed by atoms with E-state index in [0.717, 1.165) is 0 Å². The number of ether oxygens (including phenoxy) is 1. The summed E-state index contributed by atoms with van der Waals surface area (Å²) >= 11 is 0. The van der Waals surface area contributed by atoms with Gasteiger partial charge in [0.05, 0.1) is 6.61 Å². The quantitative estimate of drug-likeness (QED) is 0.501. The number of amides is 2. The molecule has 2 amide bonds. The van der Waals surface area contributed by atoms with Gasteiger partial charge in [0.1, 0.15) is 6.04 Å². The first-order valence-electron chi connectivity index (χ1n) is 6.50. The zero-order chi connectivity index (χ0) is 15.5. The van der Waals surface area contributed by atoms with Crippen molar-refractivity contribution in [3.63, 3.8) is 0 Å². The zero-order valence-corrected chi connectivity index (χ0v) is 11.8. The topological polar surface area (TPSA) is 116 Å². The Morgan fingerprint density at radius 3 is 2.35 bits per heavy atom. The van der Waals surface area contributed by atoms with E-state index in [1.165, 1.54) is 4.90 Å². The summed E-state index contributed by atoms with van der Waals surface area (Å²) in [7, 11) is 0. The maximum absolute atomic E-state index is 11.9. The smallest absolute Gasteiger partial charge is 0.326 e. The summed E-state index contributed by atoms with van der Waals surface area (Å²) in [6.45, 7) is 5.26. The average molecular weight is 290 g/mol. The van der Waals surface area contributed by atoms with Crippen molar-refractivity contribution in [2.45, 2.75) is 32.7 Å². The Hall–Kier alpha value is -1.83. The van der Waals surface area contributed by atoms with Crippen LogP contribution < -0.4 is 5.32 Å². The lowest BCUT2D eigenvalue weighted by atomic mass is 10.1. The molecule has 0 aliphatic rings. The van der Waals surface area contributed by atoms with E-state index in [0.29, 0.717) is 26.3 Å². The minimum absolute atomic E-state index is 0.153. The van der Waals surface area contributed by atoms with E-state index in [1.54, 1.807) is 6.92 Å². The maximum atomic E-state index is 11.9. The van der Waals surface area contributed by atoms with E-state index in [9.17, 15) is 14.4 Å². The summed E-state index contributed by atoms with van der Waals surface area (Å²) in [6, 6.07) is -1.75. The van der Waals surface area contributed by atoms with Gasteiger partial charge in [-0.3, -0.25) is 4.79 Å². The van der Waals surface area contributed by atoms with E-state index in [-0.39, 0.29) is 12.8 Å². The average Bonchev–Trinajstić information content (AvgIpc) is 2.38. The minimum Gasteiger partial charge on any atom is -0.481 e. The number of likely N-dealkylation sites (N-methyl/N-ethyl adjacent to an activating group) is 1. The normalized spacial score (nSPS) is 11.7. The number of carbonyl (C=O) groups excluding carboxylic acids is 1. The van der Waals surface area contributed by atoms with Gasteiger partial charge in [0.15, 0.2) is 0 Å². The Balaban J connectivity index is 4.39. The molecule has 1 atom stereocenters. The van der Waals surface area contributed by atoms with E-state index in [4.69, 9.17) is 14.9 Å². The highest BCUT2D eigenvalue weighted by Gasteiger charge is 2.23. The predicted molar refractivity (Wildman–Crippen MR) is 70.6 cm³/mol. The molecule has 116 valence electrons. The molecule has 0 saturated heterocycles. The van der Waals surface area contributed by atoms with Crippen LogP contribution in [0.15, 0.2) is 0 Å². The SMILES string of the molecule is CCOCCN(CC)C(=O)NC(CCC(=O)O)C(=O)O. The molecule has 8 heteroatoms. The fourth-order valence-corrected chi connectivity index (χ4v) is 1.49. The third kappa shape index (κ3) is 7.57. The van der Waals surface area contributed by atoms with Crippen molar-refractivity contribution in [1.29, 1.82) is 0 Å². The van der Waals surface area contributed by atoms with Crippen molar-refractivity contribution in [2.24, 2.45) is 0 Å². The van der Waals surface area contributed by atoms with Gasteiger partial charge < -0.3 is 25.2 Å². The number of nitrogens with one attached hydrogen (secondary N) is 1. The number of urea groups is 1. The second-order valence-electron chi connectivity index (χ2n) is 4.05. The van der Waals surface area contributed by atoms with Crippen LogP contribution in [0.1, 0.15) is 26.7 Å². The lowest BCUT2D eigenvalue weighted by Gasteiger charge is -2.23. The molecule has 20 heavy (non-hydrogen) atoms. The molecule has 0 aromatic rings. The lowest BCUT2D eigenvalue weighted by molar-refractivity contribution is -0.140. The van der Waals surface area contributed by atoms with Crippen molar-refractivity contribution in [3.05, 3.63) is 0 Å². The predicted octanol–water partition coefficient (Wildman–Crippen LogP) is 0.372. The van der Waals surface area contributed by atoms with E-state index in [2.05, 4.69) is 5.32 Å². The van der Waals surface area contributed by atoms with Crippen LogP contribution >= 0.6 is 0 Å². The summed E-state index contributed by atoms with van der Waals surface area (Å²) in [6.07, 6.45) is -0.470. The van der Waals surface area contributed by atoms with Gasteiger partial charge in [-0.05, 0) is 20.3 Å². The van der Waals surface area contributed by atoms with Crippen molar-refractivity contribution in [3.8, 4) is 0 Å². The first kappa shape index (κ1) is 18.2. The number of carboxylic acid groups (broad SMARTS) is 2. The Kier molecular flexibility index (Phi) is 9.10. The van der Waals surface area contributed by atoms with Gasteiger partial charge >= 0.3 is 18.0 Å². The monoisotopic (exact) mass is 290 g/mol. The highest BCUT2D eigenvalue weighted by molar-refractivity contribution is 5.83. The summed E-state index contributed by atoms with van der Waals surface area (Å²) < 4.78 is 5.13. The van der Waals surface area contributed by atoms with Gasteiger partial charge in [-0.1, -0.05) is 0 Å². The number of aliphatic carboxylic acids is 2. The fourth-order valence-electron chi connectivity index (χ4n) is 1.49. The Morgan fingerprint density at radius 1 is 1.25 bits per heavy atom. The molecule has 0 aromatic carbocycles. The fraction of sp³-hybridized carbons (Fsp3) is 0.750. The van der Waals surface area contributed by atoms with Gasteiger partial charge in [0.2, 0.25) is 0 Å². The maximum Gasteiger partial charge on any atom is 0.326 e. The molecule has 0 rings (SSSR count).